The molecule has 2 aromatic rings. The second-order valence-electron chi connectivity index (χ2n) is 5.34. The fourth-order valence-corrected chi connectivity index (χ4v) is 2.60. The average molecular weight is 295 g/mol. The minimum Gasteiger partial charge on any atom is -0.350 e. The molecule has 0 bridgehead atoms. The first-order valence-corrected chi connectivity index (χ1v) is 7.28. The molecular weight excluding hydrogens is 278 g/mol. The van der Waals surface area contributed by atoms with Crippen molar-refractivity contribution in [1.29, 1.82) is 0 Å². The van der Waals surface area contributed by atoms with Gasteiger partial charge in [-0.25, -0.2) is 0 Å². The molecule has 1 aliphatic heterocycles. The molecule has 1 atom stereocenters. The molecule has 0 radical (unpaired) electrons. The second kappa shape index (κ2) is 6.39. The van der Waals surface area contributed by atoms with Crippen LogP contribution >= 0.6 is 0 Å². The molecule has 1 aromatic heterocycles. The average Bonchev–Trinajstić information content (AvgIpc) is 2.95. The van der Waals surface area contributed by atoms with Gasteiger partial charge in [0.1, 0.15) is 5.69 Å². The molecule has 2 amide bonds. The SMILES string of the molecule is O=C(NCC1CC(=O)N(c2ccccc2)C1)c1ccccn1. The van der Waals surface area contributed by atoms with Crippen molar-refractivity contribution >= 4 is 17.5 Å². The molecule has 22 heavy (non-hydrogen) atoms. The van der Waals surface area contributed by atoms with Crippen LogP contribution in [0.15, 0.2) is 54.7 Å². The van der Waals surface area contributed by atoms with Gasteiger partial charge >= 0.3 is 0 Å². The van der Waals surface area contributed by atoms with E-state index in [1.807, 2.05) is 30.3 Å². The highest BCUT2D eigenvalue weighted by Gasteiger charge is 2.30. The number of rotatable bonds is 4. The molecular formula is C17H17N3O2. The summed E-state index contributed by atoms with van der Waals surface area (Å²) in [5.41, 5.74) is 1.30. The first-order chi connectivity index (χ1) is 10.7. The van der Waals surface area contributed by atoms with Gasteiger partial charge in [-0.3, -0.25) is 14.6 Å². The van der Waals surface area contributed by atoms with E-state index in [-0.39, 0.29) is 17.7 Å². The maximum atomic E-state index is 12.1. The van der Waals surface area contributed by atoms with E-state index in [2.05, 4.69) is 10.3 Å². The minimum atomic E-state index is -0.203. The number of nitrogens with one attached hydrogen (secondary N) is 1. The monoisotopic (exact) mass is 295 g/mol. The number of carbonyl (C=O) groups is 2. The standard InChI is InChI=1S/C17H17N3O2/c21-16-10-13(12-20(16)14-6-2-1-3-7-14)11-19-17(22)15-8-4-5-9-18-15/h1-9,13H,10-12H2,(H,19,22). The summed E-state index contributed by atoms with van der Waals surface area (Å²) in [6, 6.07) is 14.8. The molecule has 0 spiro atoms. The topological polar surface area (TPSA) is 62.3 Å². The van der Waals surface area contributed by atoms with Crippen LogP contribution in [-0.4, -0.2) is 29.9 Å². The number of pyridine rings is 1. The predicted molar refractivity (Wildman–Crippen MR) is 83.5 cm³/mol. The summed E-state index contributed by atoms with van der Waals surface area (Å²) in [5.74, 6) is 0.0230. The van der Waals surface area contributed by atoms with E-state index < -0.39 is 0 Å². The smallest absolute Gasteiger partial charge is 0.269 e. The molecule has 1 saturated heterocycles. The zero-order chi connectivity index (χ0) is 15.4. The summed E-state index contributed by atoms with van der Waals surface area (Å²) in [7, 11) is 0. The Bertz CT molecular complexity index is 658. The fraction of sp³-hybridized carbons (Fsp3) is 0.235. The van der Waals surface area contributed by atoms with Crippen LogP contribution in [0.5, 0.6) is 0 Å². The van der Waals surface area contributed by atoms with E-state index in [0.717, 1.165) is 5.69 Å². The Morgan fingerprint density at radius 2 is 1.95 bits per heavy atom. The largest absolute Gasteiger partial charge is 0.350 e. The van der Waals surface area contributed by atoms with Crippen LogP contribution in [0, 0.1) is 5.92 Å². The number of hydrogen-bond acceptors (Lipinski definition) is 3. The summed E-state index contributed by atoms with van der Waals surface area (Å²) in [4.78, 5) is 29.9. The first kappa shape index (κ1) is 14.3. The number of benzene rings is 1. The number of amides is 2. The summed E-state index contributed by atoms with van der Waals surface area (Å²) in [6.45, 7) is 1.11. The second-order valence-corrected chi connectivity index (χ2v) is 5.34. The molecule has 1 aromatic carbocycles. The third-order valence-corrected chi connectivity index (χ3v) is 3.72. The number of anilines is 1. The molecule has 0 saturated carbocycles. The van der Waals surface area contributed by atoms with Crippen molar-refractivity contribution in [3.8, 4) is 0 Å². The van der Waals surface area contributed by atoms with Crippen LogP contribution < -0.4 is 10.2 Å². The molecule has 3 rings (SSSR count). The Morgan fingerprint density at radius 3 is 2.68 bits per heavy atom. The summed E-state index contributed by atoms with van der Waals surface area (Å²) < 4.78 is 0. The van der Waals surface area contributed by atoms with Gasteiger partial charge in [-0.05, 0) is 24.3 Å². The Labute approximate surface area is 129 Å². The molecule has 1 N–H and O–H groups in total. The van der Waals surface area contributed by atoms with E-state index >= 15 is 0 Å². The normalized spacial score (nSPS) is 17.5. The van der Waals surface area contributed by atoms with Crippen molar-refractivity contribution < 1.29 is 9.59 Å². The highest BCUT2D eigenvalue weighted by atomic mass is 16.2. The molecule has 5 nitrogen and oxygen atoms in total. The van der Waals surface area contributed by atoms with Gasteiger partial charge in [-0.1, -0.05) is 24.3 Å². The molecule has 112 valence electrons. The van der Waals surface area contributed by atoms with Gasteiger partial charge in [0.2, 0.25) is 5.91 Å². The lowest BCUT2D eigenvalue weighted by Crippen LogP contribution is -2.31. The van der Waals surface area contributed by atoms with Crippen LogP contribution in [0.2, 0.25) is 0 Å². The lowest BCUT2D eigenvalue weighted by molar-refractivity contribution is -0.117. The lowest BCUT2D eigenvalue weighted by Gasteiger charge is -2.16. The van der Waals surface area contributed by atoms with Crippen LogP contribution in [0.25, 0.3) is 0 Å². The van der Waals surface area contributed by atoms with Crippen LogP contribution in [0.3, 0.4) is 0 Å². The highest BCUT2D eigenvalue weighted by molar-refractivity contribution is 5.96. The highest BCUT2D eigenvalue weighted by Crippen LogP contribution is 2.24. The lowest BCUT2D eigenvalue weighted by atomic mass is 10.1. The zero-order valence-electron chi connectivity index (χ0n) is 12.1. The van der Waals surface area contributed by atoms with Crippen molar-refractivity contribution in [2.24, 2.45) is 5.92 Å². The zero-order valence-corrected chi connectivity index (χ0v) is 12.1. The van der Waals surface area contributed by atoms with Gasteiger partial charge in [0.25, 0.3) is 5.91 Å². The first-order valence-electron chi connectivity index (χ1n) is 7.28. The molecule has 1 unspecified atom stereocenters. The van der Waals surface area contributed by atoms with Crippen molar-refractivity contribution in [3.63, 3.8) is 0 Å². The minimum absolute atomic E-state index is 0.100. The number of hydrogen-bond donors (Lipinski definition) is 1. The summed E-state index contributed by atoms with van der Waals surface area (Å²) in [6.07, 6.45) is 2.04. The molecule has 1 fully saturated rings. The van der Waals surface area contributed by atoms with E-state index in [0.29, 0.717) is 25.2 Å². The maximum Gasteiger partial charge on any atom is 0.269 e. The van der Waals surface area contributed by atoms with Gasteiger partial charge in [0.05, 0.1) is 0 Å². The predicted octanol–water partition coefficient (Wildman–Crippen LogP) is 1.86. The molecule has 5 heteroatoms. The van der Waals surface area contributed by atoms with Crippen LogP contribution in [0.1, 0.15) is 16.9 Å². The fourth-order valence-electron chi connectivity index (χ4n) is 2.60. The maximum absolute atomic E-state index is 12.1. The van der Waals surface area contributed by atoms with Gasteiger partial charge in [-0.15, -0.1) is 0 Å². The molecule has 0 aliphatic carbocycles. The molecule has 2 heterocycles. The third-order valence-electron chi connectivity index (χ3n) is 3.72. The number of aromatic nitrogens is 1. The van der Waals surface area contributed by atoms with Crippen molar-refractivity contribution in [1.82, 2.24) is 10.3 Å². The summed E-state index contributed by atoms with van der Waals surface area (Å²) in [5, 5.41) is 2.85. The van der Waals surface area contributed by atoms with E-state index in [1.165, 1.54) is 0 Å². The quantitative estimate of drug-likeness (QED) is 0.936. The van der Waals surface area contributed by atoms with Gasteiger partial charge in [-0.2, -0.15) is 0 Å². The Morgan fingerprint density at radius 1 is 1.18 bits per heavy atom. The van der Waals surface area contributed by atoms with Gasteiger partial charge in [0.15, 0.2) is 0 Å². The van der Waals surface area contributed by atoms with Crippen molar-refractivity contribution in [3.05, 3.63) is 60.4 Å². The Kier molecular flexibility index (Phi) is 4.14. The van der Waals surface area contributed by atoms with E-state index in [1.54, 1.807) is 29.3 Å². The molecule has 1 aliphatic rings. The Balaban J connectivity index is 1.57. The number of nitrogens with zero attached hydrogens (tertiary/aromatic N) is 2. The third kappa shape index (κ3) is 3.14. The van der Waals surface area contributed by atoms with Gasteiger partial charge in [0, 0.05) is 37.3 Å². The van der Waals surface area contributed by atoms with Crippen LogP contribution in [-0.2, 0) is 4.79 Å². The summed E-state index contributed by atoms with van der Waals surface area (Å²) >= 11 is 0. The van der Waals surface area contributed by atoms with Crippen molar-refractivity contribution in [2.45, 2.75) is 6.42 Å². The van der Waals surface area contributed by atoms with E-state index in [4.69, 9.17) is 0 Å². The van der Waals surface area contributed by atoms with E-state index in [9.17, 15) is 9.59 Å². The van der Waals surface area contributed by atoms with Gasteiger partial charge < -0.3 is 10.2 Å². The number of carbonyl (C=O) groups excluding carboxylic acids is 2. The van der Waals surface area contributed by atoms with Crippen molar-refractivity contribution in [2.75, 3.05) is 18.0 Å². The Hall–Kier alpha value is -2.69. The van der Waals surface area contributed by atoms with Crippen LogP contribution in [0.4, 0.5) is 5.69 Å². The number of para-hydroxylation sites is 1.